The van der Waals surface area contributed by atoms with Crippen LogP contribution in [0.4, 0.5) is 0 Å². The van der Waals surface area contributed by atoms with E-state index in [1.54, 1.807) is 6.92 Å². The molecule has 1 aliphatic rings. The number of nitrogens with zero attached hydrogens (tertiary/aromatic N) is 2. The smallest absolute Gasteiger partial charge is 0.239 e. The van der Waals surface area contributed by atoms with Crippen molar-refractivity contribution in [2.24, 2.45) is 11.3 Å². The summed E-state index contributed by atoms with van der Waals surface area (Å²) < 4.78 is 0. The van der Waals surface area contributed by atoms with Crippen LogP contribution < -0.4 is 0 Å². The molecule has 30 heavy (non-hydrogen) atoms. The van der Waals surface area contributed by atoms with E-state index in [1.807, 2.05) is 63.2 Å². The van der Waals surface area contributed by atoms with Gasteiger partial charge in [0.2, 0.25) is 11.8 Å². The van der Waals surface area contributed by atoms with Gasteiger partial charge >= 0.3 is 0 Å². The van der Waals surface area contributed by atoms with Gasteiger partial charge in [0.25, 0.3) is 0 Å². The first-order valence-corrected chi connectivity index (χ1v) is 10.4. The third-order valence-electron chi connectivity index (χ3n) is 6.01. The Labute approximate surface area is 176 Å². The normalized spacial score (nSPS) is 19.8. The van der Waals surface area contributed by atoms with Gasteiger partial charge in [0.15, 0.2) is 0 Å². The predicted molar refractivity (Wildman–Crippen MR) is 117 cm³/mol. The lowest BCUT2D eigenvalue weighted by Gasteiger charge is -2.21. The zero-order chi connectivity index (χ0) is 21.6. The first-order chi connectivity index (χ1) is 14.2. The van der Waals surface area contributed by atoms with E-state index in [1.165, 1.54) is 4.90 Å². The molecule has 1 aromatic heterocycles. The Balaban J connectivity index is 1.79. The number of pyridine rings is 1. The molecule has 0 saturated carbocycles. The summed E-state index contributed by atoms with van der Waals surface area (Å²) in [5, 5.41) is 3.22. The van der Waals surface area contributed by atoms with Crippen molar-refractivity contribution in [2.45, 2.75) is 40.0 Å². The van der Waals surface area contributed by atoms with Crippen LogP contribution in [0.3, 0.4) is 0 Å². The van der Waals surface area contributed by atoms with Gasteiger partial charge in [-0.1, -0.05) is 57.2 Å². The molecule has 4 rings (SSSR count). The van der Waals surface area contributed by atoms with Crippen LogP contribution in [-0.4, -0.2) is 34.0 Å². The van der Waals surface area contributed by atoms with E-state index in [9.17, 15) is 14.4 Å². The Morgan fingerprint density at radius 1 is 0.967 bits per heavy atom. The van der Waals surface area contributed by atoms with Crippen molar-refractivity contribution in [1.29, 1.82) is 0 Å². The summed E-state index contributed by atoms with van der Waals surface area (Å²) in [6, 6.07) is 15.8. The second kappa shape index (κ2) is 7.31. The number of carbonyl (C=O) groups is 3. The summed E-state index contributed by atoms with van der Waals surface area (Å²) >= 11 is 0. The number of benzene rings is 2. The van der Waals surface area contributed by atoms with Crippen LogP contribution >= 0.6 is 0 Å². The number of likely N-dealkylation sites (N-methyl/N-ethyl adjacent to an activating group) is 1. The third kappa shape index (κ3) is 3.28. The summed E-state index contributed by atoms with van der Waals surface area (Å²) in [7, 11) is 0. The van der Waals surface area contributed by atoms with Gasteiger partial charge < -0.3 is 0 Å². The van der Waals surface area contributed by atoms with E-state index < -0.39 is 17.3 Å². The fraction of sp³-hybridized carbons (Fsp3) is 0.360. The number of imide groups is 1. The molecule has 2 atom stereocenters. The van der Waals surface area contributed by atoms with Crippen molar-refractivity contribution in [1.82, 2.24) is 9.88 Å². The van der Waals surface area contributed by atoms with Crippen molar-refractivity contribution in [2.75, 3.05) is 6.54 Å². The Morgan fingerprint density at radius 3 is 2.40 bits per heavy atom. The van der Waals surface area contributed by atoms with Crippen LogP contribution in [0, 0.1) is 11.3 Å². The fourth-order valence-corrected chi connectivity index (χ4v) is 4.22. The molecule has 0 radical (unpaired) electrons. The number of aromatic nitrogens is 1. The van der Waals surface area contributed by atoms with Crippen LogP contribution in [0.15, 0.2) is 48.5 Å². The lowest BCUT2D eigenvalue weighted by molar-refractivity contribution is -0.140. The van der Waals surface area contributed by atoms with Crippen LogP contribution in [0.25, 0.3) is 21.7 Å². The molecule has 5 nitrogen and oxygen atoms in total. The Hall–Kier alpha value is -3.08. The second-order valence-electron chi connectivity index (χ2n) is 8.97. The fourth-order valence-electron chi connectivity index (χ4n) is 4.22. The van der Waals surface area contributed by atoms with E-state index >= 15 is 0 Å². The van der Waals surface area contributed by atoms with Crippen molar-refractivity contribution < 1.29 is 14.4 Å². The molecule has 0 N–H and O–H groups in total. The summed E-state index contributed by atoms with van der Waals surface area (Å²) in [5.41, 5.74) is 0.768. The molecular weight excluding hydrogens is 376 g/mol. The maximum absolute atomic E-state index is 13.1. The van der Waals surface area contributed by atoms with Gasteiger partial charge in [-0.3, -0.25) is 24.3 Å². The van der Waals surface area contributed by atoms with Gasteiger partial charge in [0.1, 0.15) is 5.78 Å². The molecule has 0 spiro atoms. The van der Waals surface area contributed by atoms with E-state index in [-0.39, 0.29) is 24.0 Å². The summed E-state index contributed by atoms with van der Waals surface area (Å²) in [5.74, 6) is -1.98. The molecule has 2 unspecified atom stereocenters. The minimum absolute atomic E-state index is 0.0246. The molecule has 154 valence electrons. The van der Waals surface area contributed by atoms with E-state index in [4.69, 9.17) is 4.98 Å². The van der Waals surface area contributed by atoms with Crippen molar-refractivity contribution in [3.05, 3.63) is 54.2 Å². The number of hydrogen-bond donors (Lipinski definition) is 0. The molecule has 3 aromatic rings. The van der Waals surface area contributed by atoms with Gasteiger partial charge in [-0.05, 0) is 29.8 Å². The van der Waals surface area contributed by atoms with E-state index in [2.05, 4.69) is 6.07 Å². The van der Waals surface area contributed by atoms with Gasteiger partial charge in [0, 0.05) is 23.8 Å². The van der Waals surface area contributed by atoms with Gasteiger partial charge in [-0.25, -0.2) is 0 Å². The minimum Gasteiger partial charge on any atom is -0.299 e. The van der Waals surface area contributed by atoms with Gasteiger partial charge in [-0.15, -0.1) is 0 Å². The van der Waals surface area contributed by atoms with E-state index in [0.29, 0.717) is 12.2 Å². The average molecular weight is 402 g/mol. The molecule has 1 aliphatic heterocycles. The van der Waals surface area contributed by atoms with Crippen LogP contribution in [0.2, 0.25) is 0 Å². The SMILES string of the molecule is CCN1C(=O)C(CC(=O)C(C)(C)C)C(c2ccc3c(ccc4ccccc43)n2)C1=O. The summed E-state index contributed by atoms with van der Waals surface area (Å²) in [6.07, 6.45) is 0.0483. The molecule has 5 heteroatoms. The Kier molecular flexibility index (Phi) is 4.92. The lowest BCUT2D eigenvalue weighted by Crippen LogP contribution is -2.31. The van der Waals surface area contributed by atoms with Crippen molar-refractivity contribution >= 4 is 39.3 Å². The molecule has 0 aliphatic carbocycles. The van der Waals surface area contributed by atoms with Gasteiger partial charge in [-0.2, -0.15) is 0 Å². The zero-order valence-corrected chi connectivity index (χ0v) is 17.8. The number of rotatable bonds is 4. The second-order valence-corrected chi connectivity index (χ2v) is 8.97. The summed E-state index contributed by atoms with van der Waals surface area (Å²) in [6.45, 7) is 7.58. The molecule has 0 bridgehead atoms. The molecule has 2 heterocycles. The molecule has 1 saturated heterocycles. The monoisotopic (exact) mass is 402 g/mol. The lowest BCUT2D eigenvalue weighted by atomic mass is 9.80. The quantitative estimate of drug-likeness (QED) is 0.477. The summed E-state index contributed by atoms with van der Waals surface area (Å²) in [4.78, 5) is 44.8. The third-order valence-corrected chi connectivity index (χ3v) is 6.01. The standard InChI is InChI=1S/C25H26N2O3/c1-5-27-23(29)18(14-21(28)25(2,3)4)22(24(27)30)20-13-11-17-16-9-7-6-8-15(16)10-12-19(17)26-20/h6-13,18,22H,5,14H2,1-4H3. The minimum atomic E-state index is -0.723. The number of likely N-dealkylation sites (tertiary alicyclic amines) is 1. The molecule has 2 aromatic carbocycles. The highest BCUT2D eigenvalue weighted by Crippen LogP contribution is 2.39. The highest BCUT2D eigenvalue weighted by atomic mass is 16.2. The highest BCUT2D eigenvalue weighted by Gasteiger charge is 2.49. The number of carbonyl (C=O) groups excluding carboxylic acids is 3. The topological polar surface area (TPSA) is 67.3 Å². The van der Waals surface area contributed by atoms with Crippen LogP contribution in [0.5, 0.6) is 0 Å². The van der Waals surface area contributed by atoms with E-state index in [0.717, 1.165) is 21.7 Å². The molecule has 1 fully saturated rings. The number of amides is 2. The van der Waals surface area contributed by atoms with Crippen LogP contribution in [-0.2, 0) is 14.4 Å². The Morgan fingerprint density at radius 2 is 1.70 bits per heavy atom. The first kappa shape index (κ1) is 20.2. The molecular formula is C25H26N2O3. The zero-order valence-electron chi connectivity index (χ0n) is 17.8. The number of fused-ring (bicyclic) bond motifs is 3. The predicted octanol–water partition coefficient (Wildman–Crippen LogP) is 4.48. The maximum atomic E-state index is 13.1. The first-order valence-electron chi connectivity index (χ1n) is 10.4. The number of Topliss-reactive ketones (excluding diaryl/α,β-unsaturated/α-hetero) is 1. The number of ketones is 1. The number of hydrogen-bond acceptors (Lipinski definition) is 4. The highest BCUT2D eigenvalue weighted by molar-refractivity contribution is 6.10. The van der Waals surface area contributed by atoms with Crippen molar-refractivity contribution in [3.63, 3.8) is 0 Å². The molecule has 2 amide bonds. The van der Waals surface area contributed by atoms with Crippen molar-refractivity contribution in [3.8, 4) is 0 Å². The largest absolute Gasteiger partial charge is 0.299 e. The average Bonchev–Trinajstić information content (AvgIpc) is 2.95. The Bertz CT molecular complexity index is 1180. The maximum Gasteiger partial charge on any atom is 0.239 e. The van der Waals surface area contributed by atoms with Crippen LogP contribution in [0.1, 0.15) is 45.7 Å². The van der Waals surface area contributed by atoms with Gasteiger partial charge in [0.05, 0.1) is 23.0 Å².